The molecule has 10 aromatic carbocycles. The monoisotopic (exact) mass is 751 g/mol. The summed E-state index contributed by atoms with van der Waals surface area (Å²) < 4.78 is 0. The first-order valence-corrected chi connectivity index (χ1v) is 20.3. The van der Waals surface area contributed by atoms with Crippen LogP contribution in [0.2, 0.25) is 0 Å². The predicted molar refractivity (Wildman–Crippen MR) is 251 cm³/mol. The average Bonchev–Trinajstić information content (AvgIpc) is 3.33. The van der Waals surface area contributed by atoms with Gasteiger partial charge in [-0.05, 0) is 114 Å². The first-order chi connectivity index (χ1) is 29.3. The molecule has 10 rings (SSSR count). The van der Waals surface area contributed by atoms with E-state index in [0.29, 0.717) is 0 Å². The standard InChI is InChI=1S/C58H41N/c1-4-16-42(17-5-1)45-30-35-51(36-31-45)59(52-37-32-46(33-38-52)49-29-28-44-20-10-11-23-48(44)40-49)58-27-15-14-26-56(58)54-25-13-12-24-53(54)55-39-34-50(43-18-6-2-7-19-43)41-57(55)47-21-8-3-9-22-47/h1-41H. The van der Waals surface area contributed by atoms with Gasteiger partial charge in [-0.15, -0.1) is 0 Å². The van der Waals surface area contributed by atoms with Crippen LogP contribution in [0.25, 0.3) is 77.5 Å². The molecule has 0 bridgehead atoms. The Bertz CT molecular complexity index is 3000. The van der Waals surface area contributed by atoms with Gasteiger partial charge in [0.25, 0.3) is 0 Å². The fourth-order valence-electron chi connectivity index (χ4n) is 8.33. The molecule has 10 aromatic rings. The lowest BCUT2D eigenvalue weighted by atomic mass is 9.87. The van der Waals surface area contributed by atoms with Crippen molar-refractivity contribution in [2.45, 2.75) is 0 Å². The Morgan fingerprint density at radius 2 is 0.593 bits per heavy atom. The second kappa shape index (κ2) is 16.0. The predicted octanol–water partition coefficient (Wildman–Crippen LogP) is 16.3. The third-order valence-electron chi connectivity index (χ3n) is 11.3. The molecule has 1 heteroatoms. The molecule has 0 heterocycles. The maximum absolute atomic E-state index is 2.40. The molecule has 0 aliphatic heterocycles. The molecule has 0 aliphatic rings. The Hall–Kier alpha value is -7.74. The molecule has 59 heavy (non-hydrogen) atoms. The smallest absolute Gasteiger partial charge is 0.0540 e. The Labute approximate surface area is 346 Å². The van der Waals surface area contributed by atoms with Crippen molar-refractivity contribution in [2.24, 2.45) is 0 Å². The summed E-state index contributed by atoms with van der Waals surface area (Å²) in [6.07, 6.45) is 0. The normalized spacial score (nSPS) is 11.1. The molecule has 0 radical (unpaired) electrons. The third-order valence-corrected chi connectivity index (χ3v) is 11.3. The van der Waals surface area contributed by atoms with Crippen molar-refractivity contribution in [1.82, 2.24) is 0 Å². The Morgan fingerprint density at radius 3 is 1.22 bits per heavy atom. The highest BCUT2D eigenvalue weighted by atomic mass is 15.1. The van der Waals surface area contributed by atoms with Crippen molar-refractivity contribution in [3.63, 3.8) is 0 Å². The highest BCUT2D eigenvalue weighted by molar-refractivity contribution is 5.98. The summed E-state index contributed by atoms with van der Waals surface area (Å²) in [7, 11) is 0. The number of anilines is 3. The van der Waals surface area contributed by atoms with E-state index in [1.54, 1.807) is 0 Å². The fourth-order valence-corrected chi connectivity index (χ4v) is 8.33. The lowest BCUT2D eigenvalue weighted by molar-refractivity contribution is 1.28. The van der Waals surface area contributed by atoms with E-state index in [9.17, 15) is 0 Å². The summed E-state index contributed by atoms with van der Waals surface area (Å²) >= 11 is 0. The molecule has 0 aliphatic carbocycles. The van der Waals surface area contributed by atoms with E-state index in [1.165, 1.54) is 72.0 Å². The van der Waals surface area contributed by atoms with Crippen molar-refractivity contribution in [3.05, 3.63) is 249 Å². The number of rotatable bonds is 9. The van der Waals surface area contributed by atoms with Gasteiger partial charge in [0.05, 0.1) is 5.69 Å². The second-order valence-electron chi connectivity index (χ2n) is 14.9. The minimum Gasteiger partial charge on any atom is -0.310 e. The molecule has 0 amide bonds. The van der Waals surface area contributed by atoms with Crippen molar-refractivity contribution >= 4 is 27.8 Å². The minimum absolute atomic E-state index is 1.09. The highest BCUT2D eigenvalue weighted by Gasteiger charge is 2.21. The van der Waals surface area contributed by atoms with Crippen LogP contribution >= 0.6 is 0 Å². The summed E-state index contributed by atoms with van der Waals surface area (Å²) in [5.74, 6) is 0. The molecule has 0 N–H and O–H groups in total. The van der Waals surface area contributed by atoms with Gasteiger partial charge in [-0.25, -0.2) is 0 Å². The topological polar surface area (TPSA) is 3.24 Å². The fraction of sp³-hybridized carbons (Fsp3) is 0. The molecule has 0 spiro atoms. The maximum Gasteiger partial charge on any atom is 0.0540 e. The molecule has 0 unspecified atom stereocenters. The number of nitrogens with zero attached hydrogens (tertiary/aromatic N) is 1. The summed E-state index contributed by atoms with van der Waals surface area (Å²) in [6.45, 7) is 0. The lowest BCUT2D eigenvalue weighted by Crippen LogP contribution is -2.11. The first-order valence-electron chi connectivity index (χ1n) is 20.3. The van der Waals surface area contributed by atoms with Crippen LogP contribution in [0.15, 0.2) is 249 Å². The zero-order valence-electron chi connectivity index (χ0n) is 32.6. The van der Waals surface area contributed by atoms with Crippen LogP contribution in [0.4, 0.5) is 17.1 Å². The quantitative estimate of drug-likeness (QED) is 0.142. The van der Waals surface area contributed by atoms with Crippen molar-refractivity contribution in [2.75, 3.05) is 4.90 Å². The number of fused-ring (bicyclic) bond motifs is 1. The van der Waals surface area contributed by atoms with Gasteiger partial charge in [-0.2, -0.15) is 0 Å². The van der Waals surface area contributed by atoms with E-state index >= 15 is 0 Å². The van der Waals surface area contributed by atoms with Gasteiger partial charge in [0.2, 0.25) is 0 Å². The Kier molecular flexibility index (Phi) is 9.68. The molecular formula is C58H41N. The molecule has 0 aromatic heterocycles. The van der Waals surface area contributed by atoms with Crippen LogP contribution in [0.5, 0.6) is 0 Å². The van der Waals surface area contributed by atoms with Crippen molar-refractivity contribution < 1.29 is 0 Å². The first kappa shape index (κ1) is 35.7. The summed E-state index contributed by atoms with van der Waals surface area (Å²) in [6, 6.07) is 89.9. The van der Waals surface area contributed by atoms with Crippen molar-refractivity contribution in [3.8, 4) is 66.8 Å². The van der Waals surface area contributed by atoms with Gasteiger partial charge in [0.15, 0.2) is 0 Å². The van der Waals surface area contributed by atoms with Crippen LogP contribution in [0.1, 0.15) is 0 Å². The number of benzene rings is 10. The van der Waals surface area contributed by atoms with E-state index in [2.05, 4.69) is 254 Å². The molecule has 0 fully saturated rings. The highest BCUT2D eigenvalue weighted by Crippen LogP contribution is 2.46. The van der Waals surface area contributed by atoms with Gasteiger partial charge < -0.3 is 4.90 Å². The van der Waals surface area contributed by atoms with Crippen LogP contribution in [-0.4, -0.2) is 0 Å². The van der Waals surface area contributed by atoms with E-state index in [4.69, 9.17) is 0 Å². The third kappa shape index (κ3) is 7.23. The van der Waals surface area contributed by atoms with Gasteiger partial charge in [0.1, 0.15) is 0 Å². The summed E-state index contributed by atoms with van der Waals surface area (Å²) in [5.41, 5.74) is 17.6. The largest absolute Gasteiger partial charge is 0.310 e. The Morgan fingerprint density at radius 1 is 0.203 bits per heavy atom. The molecule has 0 saturated carbocycles. The SMILES string of the molecule is c1ccc(-c2ccc(N(c3ccc(-c4ccc5ccccc5c4)cc3)c3ccccc3-c3ccccc3-c3ccc(-c4ccccc4)cc3-c3ccccc3)cc2)cc1. The molecule has 0 atom stereocenters. The van der Waals surface area contributed by atoms with Gasteiger partial charge in [-0.1, -0.05) is 206 Å². The van der Waals surface area contributed by atoms with Crippen LogP contribution < -0.4 is 4.90 Å². The van der Waals surface area contributed by atoms with Crippen LogP contribution in [0, 0.1) is 0 Å². The van der Waals surface area contributed by atoms with Gasteiger partial charge >= 0.3 is 0 Å². The number of hydrogen-bond donors (Lipinski definition) is 0. The minimum atomic E-state index is 1.09. The molecule has 1 nitrogen and oxygen atoms in total. The van der Waals surface area contributed by atoms with Gasteiger partial charge in [0, 0.05) is 16.9 Å². The molecular weight excluding hydrogens is 711 g/mol. The second-order valence-corrected chi connectivity index (χ2v) is 14.9. The van der Waals surface area contributed by atoms with Crippen LogP contribution in [0.3, 0.4) is 0 Å². The molecule has 278 valence electrons. The van der Waals surface area contributed by atoms with E-state index < -0.39 is 0 Å². The van der Waals surface area contributed by atoms with E-state index in [1.807, 2.05) is 0 Å². The number of para-hydroxylation sites is 1. The van der Waals surface area contributed by atoms with Crippen LogP contribution in [-0.2, 0) is 0 Å². The summed E-state index contributed by atoms with van der Waals surface area (Å²) in [5, 5.41) is 2.49. The van der Waals surface area contributed by atoms with E-state index in [0.717, 1.165) is 22.6 Å². The van der Waals surface area contributed by atoms with Gasteiger partial charge in [-0.3, -0.25) is 0 Å². The van der Waals surface area contributed by atoms with E-state index in [-0.39, 0.29) is 0 Å². The summed E-state index contributed by atoms with van der Waals surface area (Å²) in [4.78, 5) is 2.40. The lowest BCUT2D eigenvalue weighted by Gasteiger charge is -2.29. The zero-order valence-corrected chi connectivity index (χ0v) is 32.6. The number of hydrogen-bond acceptors (Lipinski definition) is 1. The van der Waals surface area contributed by atoms with Crippen molar-refractivity contribution in [1.29, 1.82) is 0 Å². The zero-order chi connectivity index (χ0) is 39.4. The average molecular weight is 752 g/mol. The Balaban J connectivity index is 1.12. The molecule has 0 saturated heterocycles. The maximum atomic E-state index is 2.40.